The highest BCUT2D eigenvalue weighted by Crippen LogP contribution is 2.27. The van der Waals surface area contributed by atoms with Gasteiger partial charge in [-0.1, -0.05) is 6.92 Å². The minimum absolute atomic E-state index is 0.137. The van der Waals surface area contributed by atoms with Crippen molar-refractivity contribution in [3.8, 4) is 0 Å². The van der Waals surface area contributed by atoms with Gasteiger partial charge in [0.15, 0.2) is 5.16 Å². The second-order valence-corrected chi connectivity index (χ2v) is 4.75. The number of pyridine rings is 1. The molecule has 0 saturated carbocycles. The quantitative estimate of drug-likeness (QED) is 0.854. The second-order valence-electron chi connectivity index (χ2n) is 3.74. The lowest BCUT2D eigenvalue weighted by Crippen LogP contribution is -2.17. The fourth-order valence-corrected chi connectivity index (χ4v) is 2.49. The number of nitrogens with zero attached hydrogens (tertiary/aromatic N) is 3. The largest absolute Gasteiger partial charge is 0.478 e. The predicted molar refractivity (Wildman–Crippen MR) is 68.5 cm³/mol. The molecular formula is C11H12N4O3S. The molecule has 0 amide bonds. The summed E-state index contributed by atoms with van der Waals surface area (Å²) in [4.78, 5) is 27.0. The topological polar surface area (TPSA) is 101 Å². The van der Waals surface area contributed by atoms with Gasteiger partial charge in [-0.05, 0) is 24.2 Å². The predicted octanol–water partition coefficient (Wildman–Crippen LogP) is 1.23. The van der Waals surface area contributed by atoms with E-state index in [-0.39, 0.29) is 11.3 Å². The van der Waals surface area contributed by atoms with Crippen molar-refractivity contribution in [2.75, 3.05) is 0 Å². The normalized spacial score (nSPS) is 10.6. The molecule has 19 heavy (non-hydrogen) atoms. The van der Waals surface area contributed by atoms with E-state index >= 15 is 0 Å². The van der Waals surface area contributed by atoms with Crippen LogP contribution in [0.15, 0.2) is 33.3 Å². The van der Waals surface area contributed by atoms with Gasteiger partial charge >= 0.3 is 11.7 Å². The van der Waals surface area contributed by atoms with Gasteiger partial charge in [0.2, 0.25) is 0 Å². The summed E-state index contributed by atoms with van der Waals surface area (Å²) in [6.07, 6.45) is 3.65. The zero-order valence-electron chi connectivity index (χ0n) is 10.2. The van der Waals surface area contributed by atoms with Gasteiger partial charge in [-0.3, -0.25) is 9.55 Å². The molecular weight excluding hydrogens is 268 g/mol. The van der Waals surface area contributed by atoms with E-state index in [9.17, 15) is 9.59 Å². The Labute approximate surface area is 112 Å². The van der Waals surface area contributed by atoms with Crippen LogP contribution in [-0.2, 0) is 6.54 Å². The average Bonchev–Trinajstić information content (AvgIpc) is 2.72. The number of rotatable bonds is 5. The van der Waals surface area contributed by atoms with Crippen molar-refractivity contribution in [3.05, 3.63) is 34.5 Å². The van der Waals surface area contributed by atoms with Crippen molar-refractivity contribution in [2.45, 2.75) is 29.9 Å². The molecule has 0 fully saturated rings. The molecule has 2 heterocycles. The van der Waals surface area contributed by atoms with E-state index in [0.717, 1.165) is 18.2 Å². The van der Waals surface area contributed by atoms with Crippen LogP contribution in [0.2, 0.25) is 0 Å². The number of nitrogens with one attached hydrogen (secondary N) is 1. The maximum absolute atomic E-state index is 11.5. The van der Waals surface area contributed by atoms with E-state index in [0.29, 0.717) is 16.6 Å². The molecule has 0 aliphatic heterocycles. The Morgan fingerprint density at radius 1 is 1.58 bits per heavy atom. The number of carbonyl (C=O) groups is 1. The lowest BCUT2D eigenvalue weighted by atomic mass is 10.3. The first-order chi connectivity index (χ1) is 9.13. The summed E-state index contributed by atoms with van der Waals surface area (Å²) in [5, 5.41) is 15.8. The molecule has 2 rings (SSSR count). The maximum Gasteiger partial charge on any atom is 0.343 e. The van der Waals surface area contributed by atoms with Crippen LogP contribution in [0.4, 0.5) is 0 Å². The Morgan fingerprint density at radius 2 is 2.37 bits per heavy atom. The van der Waals surface area contributed by atoms with Crippen molar-refractivity contribution in [3.63, 3.8) is 0 Å². The van der Waals surface area contributed by atoms with Gasteiger partial charge in [-0.2, -0.15) is 0 Å². The van der Waals surface area contributed by atoms with Gasteiger partial charge in [-0.25, -0.2) is 14.7 Å². The highest BCUT2D eigenvalue weighted by Gasteiger charge is 2.15. The van der Waals surface area contributed by atoms with Crippen molar-refractivity contribution in [2.24, 2.45) is 0 Å². The second kappa shape index (κ2) is 5.70. The Hall–Kier alpha value is -2.09. The summed E-state index contributed by atoms with van der Waals surface area (Å²) in [6, 6.07) is 1.42. The van der Waals surface area contributed by atoms with Crippen LogP contribution in [0.5, 0.6) is 0 Å². The minimum Gasteiger partial charge on any atom is -0.478 e. The van der Waals surface area contributed by atoms with E-state index < -0.39 is 5.97 Å². The molecule has 7 nitrogen and oxygen atoms in total. The third-order valence-corrected chi connectivity index (χ3v) is 3.43. The summed E-state index contributed by atoms with van der Waals surface area (Å²) in [5.41, 5.74) is -0.163. The highest BCUT2D eigenvalue weighted by molar-refractivity contribution is 7.99. The summed E-state index contributed by atoms with van der Waals surface area (Å²) < 4.78 is 1.48. The Bertz CT molecular complexity index is 649. The van der Waals surface area contributed by atoms with Gasteiger partial charge in [0.1, 0.15) is 0 Å². The van der Waals surface area contributed by atoms with Gasteiger partial charge in [0, 0.05) is 23.8 Å². The zero-order chi connectivity index (χ0) is 13.8. The number of hydrogen-bond donors (Lipinski definition) is 2. The summed E-state index contributed by atoms with van der Waals surface area (Å²) in [5.74, 6) is -1.04. The van der Waals surface area contributed by atoms with Crippen LogP contribution >= 0.6 is 11.8 Å². The number of hydrogen-bond acceptors (Lipinski definition) is 5. The van der Waals surface area contributed by atoms with Crippen LogP contribution in [0, 0.1) is 0 Å². The number of carboxylic acid groups (broad SMARTS) is 1. The fraction of sp³-hybridized carbons (Fsp3) is 0.273. The zero-order valence-corrected chi connectivity index (χ0v) is 11.0. The molecule has 0 saturated heterocycles. The Kier molecular flexibility index (Phi) is 4.00. The molecule has 0 spiro atoms. The number of aromatic amines is 1. The molecule has 0 aliphatic carbocycles. The number of H-pyrrole nitrogens is 1. The smallest absolute Gasteiger partial charge is 0.343 e. The average molecular weight is 280 g/mol. The van der Waals surface area contributed by atoms with Crippen LogP contribution in [-0.4, -0.2) is 30.8 Å². The molecule has 0 bridgehead atoms. The van der Waals surface area contributed by atoms with E-state index in [2.05, 4.69) is 15.2 Å². The molecule has 100 valence electrons. The molecule has 0 unspecified atom stereocenters. The van der Waals surface area contributed by atoms with Crippen molar-refractivity contribution >= 4 is 17.7 Å². The third kappa shape index (κ3) is 2.84. The Morgan fingerprint density at radius 3 is 3.05 bits per heavy atom. The van der Waals surface area contributed by atoms with E-state index in [1.54, 1.807) is 0 Å². The van der Waals surface area contributed by atoms with Gasteiger partial charge < -0.3 is 5.11 Å². The van der Waals surface area contributed by atoms with Gasteiger partial charge in [0.25, 0.3) is 0 Å². The number of carboxylic acids is 1. The molecule has 0 aliphatic rings. The van der Waals surface area contributed by atoms with E-state index in [1.807, 2.05) is 6.92 Å². The third-order valence-electron chi connectivity index (χ3n) is 2.39. The first kappa shape index (κ1) is 13.3. The maximum atomic E-state index is 11.5. The van der Waals surface area contributed by atoms with Crippen molar-refractivity contribution in [1.29, 1.82) is 0 Å². The SMILES string of the molecule is CCCn1c(Sc2cnccc2C(=O)O)n[nH]c1=O. The lowest BCUT2D eigenvalue weighted by Gasteiger charge is -2.05. The molecule has 2 aromatic heterocycles. The van der Waals surface area contributed by atoms with Crippen LogP contribution < -0.4 is 5.69 Å². The van der Waals surface area contributed by atoms with Crippen LogP contribution in [0.25, 0.3) is 0 Å². The molecule has 8 heteroatoms. The van der Waals surface area contributed by atoms with Gasteiger partial charge in [0.05, 0.1) is 5.56 Å². The monoisotopic (exact) mass is 280 g/mol. The molecule has 0 atom stereocenters. The fourth-order valence-electron chi connectivity index (χ4n) is 1.54. The first-order valence-corrected chi connectivity index (χ1v) is 6.45. The summed E-state index contributed by atoms with van der Waals surface area (Å²) in [7, 11) is 0. The van der Waals surface area contributed by atoms with Crippen molar-refractivity contribution in [1.82, 2.24) is 19.7 Å². The standard InChI is InChI=1S/C11H12N4O3S/c1-2-5-15-10(18)13-14-11(15)19-8-6-12-4-3-7(8)9(16)17/h3-4,6H,2,5H2,1H3,(H,13,18)(H,16,17). The molecule has 0 radical (unpaired) electrons. The van der Waals surface area contributed by atoms with Crippen molar-refractivity contribution < 1.29 is 9.90 Å². The first-order valence-electron chi connectivity index (χ1n) is 5.63. The van der Waals surface area contributed by atoms with Crippen LogP contribution in [0.1, 0.15) is 23.7 Å². The minimum atomic E-state index is -1.04. The summed E-state index contributed by atoms with van der Waals surface area (Å²) in [6.45, 7) is 2.47. The molecule has 0 aromatic carbocycles. The van der Waals surface area contributed by atoms with E-state index in [4.69, 9.17) is 5.11 Å². The molecule has 2 N–H and O–H groups in total. The van der Waals surface area contributed by atoms with Gasteiger partial charge in [-0.15, -0.1) is 5.10 Å². The Balaban J connectivity index is 2.37. The molecule has 2 aromatic rings. The van der Waals surface area contributed by atoms with E-state index in [1.165, 1.54) is 23.0 Å². The van der Waals surface area contributed by atoms with Crippen LogP contribution in [0.3, 0.4) is 0 Å². The summed E-state index contributed by atoms with van der Waals surface area (Å²) >= 11 is 1.11. The lowest BCUT2D eigenvalue weighted by molar-refractivity contribution is 0.0693. The highest BCUT2D eigenvalue weighted by atomic mass is 32.2. The number of aromatic carboxylic acids is 1. The number of aromatic nitrogens is 4.